The second-order valence-corrected chi connectivity index (χ2v) is 8.11. The van der Waals surface area contributed by atoms with Crippen LogP contribution in [0, 0.1) is 17.2 Å². The Morgan fingerprint density at radius 1 is 1.42 bits per heavy atom. The molecule has 0 unspecified atom stereocenters. The van der Waals surface area contributed by atoms with Gasteiger partial charge in [0, 0.05) is 28.0 Å². The second kappa shape index (κ2) is 5.59. The Hall–Kier alpha value is -1.87. The summed E-state index contributed by atoms with van der Waals surface area (Å²) in [5.74, 6) is -0.123. The number of amides is 2. The molecule has 2 amide bonds. The van der Waals surface area contributed by atoms with Crippen molar-refractivity contribution in [3.8, 4) is 6.07 Å². The molecule has 3 aliphatic rings. The van der Waals surface area contributed by atoms with E-state index < -0.39 is 0 Å². The Labute approximate surface area is 149 Å². The van der Waals surface area contributed by atoms with Crippen LogP contribution in [0.3, 0.4) is 0 Å². The highest BCUT2D eigenvalue weighted by Gasteiger charge is 2.51. The quantitative estimate of drug-likeness (QED) is 0.864. The Morgan fingerprint density at radius 3 is 2.83 bits per heavy atom. The molecule has 1 heterocycles. The summed E-state index contributed by atoms with van der Waals surface area (Å²) in [5.41, 5.74) is 1.88. The molecule has 2 saturated carbocycles. The van der Waals surface area contributed by atoms with Crippen molar-refractivity contribution in [1.82, 2.24) is 10.2 Å². The van der Waals surface area contributed by atoms with E-state index in [9.17, 15) is 9.59 Å². The van der Waals surface area contributed by atoms with Gasteiger partial charge in [0.2, 0.25) is 5.91 Å². The van der Waals surface area contributed by atoms with Crippen LogP contribution in [0.1, 0.15) is 41.6 Å². The molecule has 5 nitrogen and oxygen atoms in total. The zero-order valence-electron chi connectivity index (χ0n) is 13.2. The van der Waals surface area contributed by atoms with Crippen LogP contribution in [0.5, 0.6) is 0 Å². The Bertz CT molecular complexity index is 760. The van der Waals surface area contributed by atoms with Crippen LogP contribution >= 0.6 is 15.9 Å². The molecule has 2 aliphatic carbocycles. The molecule has 0 saturated heterocycles. The van der Waals surface area contributed by atoms with Crippen molar-refractivity contribution in [1.29, 1.82) is 5.26 Å². The summed E-state index contributed by atoms with van der Waals surface area (Å²) in [5, 5.41) is 11.7. The molecule has 0 aromatic heterocycles. The van der Waals surface area contributed by atoms with E-state index in [0.717, 1.165) is 41.3 Å². The highest BCUT2D eigenvalue weighted by Crippen LogP contribution is 2.52. The fraction of sp³-hybridized carbons (Fsp3) is 0.500. The lowest BCUT2D eigenvalue weighted by atomic mass is 9.81. The zero-order valence-corrected chi connectivity index (χ0v) is 14.8. The predicted octanol–water partition coefficient (Wildman–Crippen LogP) is 2.35. The van der Waals surface area contributed by atoms with Crippen molar-refractivity contribution in [2.75, 3.05) is 13.1 Å². The summed E-state index contributed by atoms with van der Waals surface area (Å²) in [6.07, 6.45) is 3.57. The molecular weight excluding hydrogens is 370 g/mol. The van der Waals surface area contributed by atoms with Crippen LogP contribution in [0.25, 0.3) is 0 Å². The number of carbonyl (C=O) groups excluding carboxylic acids is 2. The standard InChI is InChI=1S/C18H18BrN3O2/c19-12-1-2-14-15(7-12)18(3-4-18)10-22(17(14)24)9-16(23)21-13-5-11(6-13)8-20/h1-2,7,11,13H,3-6,9-10H2,(H,21,23)/t11-,13-. The maximum Gasteiger partial charge on any atom is 0.254 e. The van der Waals surface area contributed by atoms with E-state index in [2.05, 4.69) is 27.3 Å². The number of fused-ring (bicyclic) bond motifs is 2. The van der Waals surface area contributed by atoms with Gasteiger partial charge in [0.15, 0.2) is 0 Å². The fourth-order valence-corrected chi connectivity index (χ4v) is 4.19. The molecule has 0 atom stereocenters. The number of benzene rings is 1. The topological polar surface area (TPSA) is 73.2 Å². The SMILES string of the molecule is N#C[C@H]1C[C@H](NC(=O)CN2CC3(CC3)c3cc(Br)ccc3C2=O)C1. The third-order valence-corrected chi connectivity index (χ3v) is 5.93. The van der Waals surface area contributed by atoms with E-state index in [0.29, 0.717) is 6.54 Å². The molecule has 2 fully saturated rings. The van der Waals surface area contributed by atoms with Crippen molar-refractivity contribution in [3.63, 3.8) is 0 Å². The molecule has 1 spiro atoms. The lowest BCUT2D eigenvalue weighted by Gasteiger charge is -2.36. The molecule has 0 bridgehead atoms. The van der Waals surface area contributed by atoms with Crippen molar-refractivity contribution < 1.29 is 9.59 Å². The Kier molecular flexibility index (Phi) is 3.65. The molecule has 24 heavy (non-hydrogen) atoms. The Balaban J connectivity index is 1.46. The summed E-state index contributed by atoms with van der Waals surface area (Å²) in [6.45, 7) is 0.720. The minimum absolute atomic E-state index is 0.0374. The number of nitriles is 1. The number of rotatable bonds is 3. The minimum atomic E-state index is -0.124. The maximum absolute atomic E-state index is 12.7. The van der Waals surface area contributed by atoms with E-state index in [4.69, 9.17) is 5.26 Å². The van der Waals surface area contributed by atoms with Crippen LogP contribution in [0.2, 0.25) is 0 Å². The third-order valence-electron chi connectivity index (χ3n) is 5.44. The molecule has 1 aromatic carbocycles. The van der Waals surface area contributed by atoms with E-state index in [-0.39, 0.29) is 35.7 Å². The summed E-state index contributed by atoms with van der Waals surface area (Å²) >= 11 is 3.49. The van der Waals surface area contributed by atoms with Crippen LogP contribution in [0.4, 0.5) is 0 Å². The van der Waals surface area contributed by atoms with Gasteiger partial charge in [0.25, 0.3) is 5.91 Å². The van der Waals surface area contributed by atoms with Gasteiger partial charge in [-0.05, 0) is 49.4 Å². The van der Waals surface area contributed by atoms with E-state index in [1.54, 1.807) is 4.90 Å². The average molecular weight is 388 g/mol. The summed E-state index contributed by atoms with van der Waals surface area (Å²) in [6, 6.07) is 8.08. The van der Waals surface area contributed by atoms with Gasteiger partial charge >= 0.3 is 0 Å². The molecular formula is C18H18BrN3O2. The number of halogens is 1. The first-order valence-electron chi connectivity index (χ1n) is 8.29. The highest BCUT2D eigenvalue weighted by molar-refractivity contribution is 9.10. The number of hydrogen-bond donors (Lipinski definition) is 1. The number of nitrogens with zero attached hydrogens (tertiary/aromatic N) is 2. The van der Waals surface area contributed by atoms with E-state index in [1.807, 2.05) is 18.2 Å². The first-order chi connectivity index (χ1) is 11.5. The molecule has 124 valence electrons. The Morgan fingerprint density at radius 2 is 2.17 bits per heavy atom. The summed E-state index contributed by atoms with van der Waals surface area (Å²) < 4.78 is 0.989. The summed E-state index contributed by atoms with van der Waals surface area (Å²) in [7, 11) is 0. The van der Waals surface area contributed by atoms with Crippen molar-refractivity contribution in [3.05, 3.63) is 33.8 Å². The average Bonchev–Trinajstić information content (AvgIpc) is 3.28. The number of carbonyl (C=O) groups is 2. The van der Waals surface area contributed by atoms with Gasteiger partial charge in [0.1, 0.15) is 0 Å². The number of nitrogens with one attached hydrogen (secondary N) is 1. The van der Waals surface area contributed by atoms with Crippen LogP contribution in [0.15, 0.2) is 22.7 Å². The molecule has 1 aliphatic heterocycles. The first-order valence-corrected chi connectivity index (χ1v) is 9.08. The van der Waals surface area contributed by atoms with Gasteiger partial charge in [-0.1, -0.05) is 15.9 Å². The number of hydrogen-bond acceptors (Lipinski definition) is 3. The fourth-order valence-electron chi connectivity index (χ4n) is 3.83. The first kappa shape index (κ1) is 15.6. The normalized spacial score (nSPS) is 26.3. The van der Waals surface area contributed by atoms with Gasteiger partial charge in [-0.15, -0.1) is 0 Å². The summed E-state index contributed by atoms with van der Waals surface area (Å²) in [4.78, 5) is 26.7. The lowest BCUT2D eigenvalue weighted by molar-refractivity contribution is -0.123. The van der Waals surface area contributed by atoms with Gasteiger partial charge in [-0.3, -0.25) is 9.59 Å². The van der Waals surface area contributed by atoms with Crippen molar-refractivity contribution in [2.45, 2.75) is 37.1 Å². The highest BCUT2D eigenvalue weighted by atomic mass is 79.9. The molecule has 4 rings (SSSR count). The minimum Gasteiger partial charge on any atom is -0.352 e. The molecule has 0 radical (unpaired) electrons. The lowest BCUT2D eigenvalue weighted by Crippen LogP contribution is -2.51. The van der Waals surface area contributed by atoms with Crippen LogP contribution in [-0.2, 0) is 10.2 Å². The van der Waals surface area contributed by atoms with Gasteiger partial charge in [0.05, 0.1) is 18.5 Å². The van der Waals surface area contributed by atoms with E-state index >= 15 is 0 Å². The van der Waals surface area contributed by atoms with Crippen molar-refractivity contribution in [2.24, 2.45) is 5.92 Å². The van der Waals surface area contributed by atoms with Crippen molar-refractivity contribution >= 4 is 27.7 Å². The maximum atomic E-state index is 12.7. The second-order valence-electron chi connectivity index (χ2n) is 7.19. The predicted molar refractivity (Wildman–Crippen MR) is 91.2 cm³/mol. The molecule has 6 heteroatoms. The third kappa shape index (κ3) is 2.61. The zero-order chi connectivity index (χ0) is 16.9. The monoisotopic (exact) mass is 387 g/mol. The largest absolute Gasteiger partial charge is 0.352 e. The van der Waals surface area contributed by atoms with Crippen LogP contribution < -0.4 is 5.32 Å². The van der Waals surface area contributed by atoms with Gasteiger partial charge in [-0.25, -0.2) is 0 Å². The molecule has 1 N–H and O–H groups in total. The van der Waals surface area contributed by atoms with Gasteiger partial charge < -0.3 is 10.2 Å². The smallest absolute Gasteiger partial charge is 0.254 e. The van der Waals surface area contributed by atoms with E-state index in [1.165, 1.54) is 0 Å². The molecule has 1 aromatic rings. The van der Waals surface area contributed by atoms with Crippen LogP contribution in [-0.4, -0.2) is 35.8 Å². The van der Waals surface area contributed by atoms with Gasteiger partial charge in [-0.2, -0.15) is 5.26 Å².